The molecule has 2 N–H and O–H groups in total. The number of carbonyl (C=O) groups excluding carboxylic acids is 1. The molecule has 1 heterocycles. The number of rotatable bonds is 7. The van der Waals surface area contributed by atoms with Gasteiger partial charge in [-0.25, -0.2) is 4.79 Å². The quantitative estimate of drug-likeness (QED) is 0.690. The zero-order valence-corrected chi connectivity index (χ0v) is 12.6. The van der Waals surface area contributed by atoms with Gasteiger partial charge in [-0.05, 0) is 45.2 Å². The number of carboxylic acid groups (broad SMARTS) is 1. The van der Waals surface area contributed by atoms with E-state index >= 15 is 0 Å². The third-order valence-electron chi connectivity index (χ3n) is 3.80. The Kier molecular flexibility index (Phi) is 7.36. The fourth-order valence-corrected chi connectivity index (χ4v) is 2.63. The van der Waals surface area contributed by atoms with Gasteiger partial charge >= 0.3 is 12.0 Å². The molecular weight excluding hydrogens is 258 g/mol. The van der Waals surface area contributed by atoms with Crippen LogP contribution in [0.3, 0.4) is 0 Å². The van der Waals surface area contributed by atoms with E-state index in [0.29, 0.717) is 18.9 Å². The predicted molar refractivity (Wildman–Crippen MR) is 77.7 cm³/mol. The molecule has 0 aromatic rings. The monoisotopic (exact) mass is 285 g/mol. The Balaban J connectivity index is 2.37. The van der Waals surface area contributed by atoms with E-state index in [9.17, 15) is 9.59 Å². The van der Waals surface area contributed by atoms with Crippen LogP contribution >= 0.6 is 0 Å². The van der Waals surface area contributed by atoms with Gasteiger partial charge in [0.2, 0.25) is 0 Å². The molecule has 0 spiro atoms. The van der Waals surface area contributed by atoms with Crippen molar-refractivity contribution < 1.29 is 14.7 Å². The van der Waals surface area contributed by atoms with Crippen LogP contribution in [0.2, 0.25) is 0 Å². The van der Waals surface area contributed by atoms with Gasteiger partial charge in [0.1, 0.15) is 0 Å². The van der Waals surface area contributed by atoms with E-state index in [2.05, 4.69) is 5.32 Å². The summed E-state index contributed by atoms with van der Waals surface area (Å²) in [6.45, 7) is 3.13. The van der Waals surface area contributed by atoms with Crippen LogP contribution in [0.15, 0.2) is 0 Å². The number of carboxylic acids is 1. The molecule has 1 aliphatic heterocycles. The van der Waals surface area contributed by atoms with Crippen LogP contribution in [-0.2, 0) is 4.79 Å². The molecule has 6 heteroatoms. The van der Waals surface area contributed by atoms with Crippen molar-refractivity contribution >= 4 is 12.0 Å². The minimum Gasteiger partial charge on any atom is -0.481 e. The summed E-state index contributed by atoms with van der Waals surface area (Å²) in [5, 5.41) is 11.8. The van der Waals surface area contributed by atoms with E-state index in [-0.39, 0.29) is 12.5 Å². The molecule has 0 radical (unpaired) electrons. The Morgan fingerprint density at radius 1 is 1.45 bits per heavy atom. The summed E-state index contributed by atoms with van der Waals surface area (Å²) in [6, 6.07) is 0.0705. The lowest BCUT2D eigenvalue weighted by Crippen LogP contribution is -2.46. The highest BCUT2D eigenvalue weighted by Crippen LogP contribution is 2.21. The summed E-state index contributed by atoms with van der Waals surface area (Å²) in [5.74, 6) is -0.424. The molecule has 1 aliphatic rings. The first-order valence-electron chi connectivity index (χ1n) is 7.41. The molecule has 0 aromatic carbocycles. The third kappa shape index (κ3) is 5.77. The molecular formula is C14H27N3O3. The molecule has 0 bridgehead atoms. The number of likely N-dealkylation sites (tertiary alicyclic amines) is 1. The molecule has 6 nitrogen and oxygen atoms in total. The van der Waals surface area contributed by atoms with E-state index < -0.39 is 5.97 Å². The van der Waals surface area contributed by atoms with Crippen LogP contribution in [0.1, 0.15) is 32.1 Å². The second-order valence-corrected chi connectivity index (χ2v) is 5.55. The predicted octanol–water partition coefficient (Wildman–Crippen LogP) is 1.22. The van der Waals surface area contributed by atoms with Crippen molar-refractivity contribution in [3.63, 3.8) is 0 Å². The van der Waals surface area contributed by atoms with E-state index in [1.165, 1.54) is 0 Å². The van der Waals surface area contributed by atoms with E-state index in [1.54, 1.807) is 4.90 Å². The number of carbonyl (C=O) groups is 2. The first kappa shape index (κ1) is 16.8. The average Bonchev–Trinajstić information content (AvgIpc) is 2.44. The third-order valence-corrected chi connectivity index (χ3v) is 3.80. The highest BCUT2D eigenvalue weighted by atomic mass is 16.4. The van der Waals surface area contributed by atoms with Crippen molar-refractivity contribution in [2.75, 3.05) is 40.3 Å². The number of piperidine rings is 1. The van der Waals surface area contributed by atoms with Gasteiger partial charge in [0.05, 0.1) is 0 Å². The first-order chi connectivity index (χ1) is 9.54. The Morgan fingerprint density at radius 3 is 2.85 bits per heavy atom. The second-order valence-electron chi connectivity index (χ2n) is 5.55. The maximum absolute atomic E-state index is 12.3. The molecule has 1 saturated heterocycles. The molecule has 1 rings (SSSR count). The average molecular weight is 285 g/mol. The van der Waals surface area contributed by atoms with Crippen molar-refractivity contribution in [2.45, 2.75) is 32.1 Å². The fourth-order valence-electron chi connectivity index (χ4n) is 2.63. The van der Waals surface area contributed by atoms with Gasteiger partial charge in [-0.1, -0.05) is 0 Å². The molecule has 2 amide bonds. The lowest BCUT2D eigenvalue weighted by atomic mass is 9.93. The minimum absolute atomic E-state index is 0.0705. The summed E-state index contributed by atoms with van der Waals surface area (Å²) in [4.78, 5) is 26.5. The van der Waals surface area contributed by atoms with Gasteiger partial charge < -0.3 is 20.2 Å². The summed E-state index contributed by atoms with van der Waals surface area (Å²) in [7, 11) is 3.73. The van der Waals surface area contributed by atoms with Crippen molar-refractivity contribution in [3.05, 3.63) is 0 Å². The van der Waals surface area contributed by atoms with Crippen LogP contribution in [0.5, 0.6) is 0 Å². The molecule has 1 atom stereocenters. The van der Waals surface area contributed by atoms with Crippen molar-refractivity contribution in [3.8, 4) is 0 Å². The lowest BCUT2D eigenvalue weighted by Gasteiger charge is -2.35. The van der Waals surface area contributed by atoms with Crippen LogP contribution in [-0.4, -0.2) is 67.2 Å². The van der Waals surface area contributed by atoms with Crippen molar-refractivity contribution in [1.82, 2.24) is 15.1 Å². The van der Waals surface area contributed by atoms with Crippen LogP contribution in [0.25, 0.3) is 0 Å². The maximum atomic E-state index is 12.3. The maximum Gasteiger partial charge on any atom is 0.319 e. The fraction of sp³-hybridized carbons (Fsp3) is 0.857. The normalized spacial score (nSPS) is 18.9. The smallest absolute Gasteiger partial charge is 0.319 e. The summed E-state index contributed by atoms with van der Waals surface area (Å²) in [6.07, 6.45) is 3.81. The molecule has 20 heavy (non-hydrogen) atoms. The molecule has 0 aromatic heterocycles. The van der Waals surface area contributed by atoms with Gasteiger partial charge in [0.25, 0.3) is 0 Å². The molecule has 116 valence electrons. The topological polar surface area (TPSA) is 72.9 Å². The second kappa shape index (κ2) is 8.79. The van der Waals surface area contributed by atoms with Crippen LogP contribution in [0.4, 0.5) is 4.79 Å². The Morgan fingerprint density at radius 2 is 2.20 bits per heavy atom. The highest BCUT2D eigenvalue weighted by molar-refractivity contribution is 5.74. The zero-order chi connectivity index (χ0) is 15.0. The van der Waals surface area contributed by atoms with Gasteiger partial charge in [-0.15, -0.1) is 0 Å². The Labute approximate surface area is 121 Å². The molecule has 1 fully saturated rings. The van der Waals surface area contributed by atoms with Gasteiger partial charge in [-0.2, -0.15) is 0 Å². The minimum atomic E-state index is -0.752. The Bertz CT molecular complexity index is 323. The van der Waals surface area contributed by atoms with Crippen LogP contribution in [0, 0.1) is 5.92 Å². The largest absolute Gasteiger partial charge is 0.481 e. The number of nitrogens with zero attached hydrogens (tertiary/aromatic N) is 2. The van der Waals surface area contributed by atoms with E-state index in [1.807, 2.05) is 19.0 Å². The summed E-state index contributed by atoms with van der Waals surface area (Å²) >= 11 is 0. The molecule has 0 aliphatic carbocycles. The van der Waals surface area contributed by atoms with Gasteiger partial charge in [-0.3, -0.25) is 4.79 Å². The van der Waals surface area contributed by atoms with Gasteiger partial charge in [0.15, 0.2) is 0 Å². The van der Waals surface area contributed by atoms with E-state index in [4.69, 9.17) is 5.11 Å². The van der Waals surface area contributed by atoms with Crippen molar-refractivity contribution in [2.24, 2.45) is 5.92 Å². The Hall–Kier alpha value is -1.30. The SMILES string of the molecule is CNCCCN(C)C(=O)N1CCCC(CCC(=O)O)C1. The number of urea groups is 1. The lowest BCUT2D eigenvalue weighted by molar-refractivity contribution is -0.137. The van der Waals surface area contributed by atoms with Crippen LogP contribution < -0.4 is 5.32 Å². The number of hydrogen-bond acceptors (Lipinski definition) is 3. The summed E-state index contributed by atoms with van der Waals surface area (Å²) in [5.41, 5.74) is 0. The zero-order valence-electron chi connectivity index (χ0n) is 12.6. The number of hydrogen-bond donors (Lipinski definition) is 2. The highest BCUT2D eigenvalue weighted by Gasteiger charge is 2.25. The first-order valence-corrected chi connectivity index (χ1v) is 7.41. The number of nitrogens with one attached hydrogen (secondary N) is 1. The van der Waals surface area contributed by atoms with Crippen molar-refractivity contribution in [1.29, 1.82) is 0 Å². The van der Waals surface area contributed by atoms with E-state index in [0.717, 1.165) is 38.9 Å². The summed E-state index contributed by atoms with van der Waals surface area (Å²) < 4.78 is 0. The number of amides is 2. The molecule has 0 saturated carbocycles. The molecule has 1 unspecified atom stereocenters. The standard InChI is InChI=1S/C14H27N3O3/c1-15-8-4-9-16(2)14(20)17-10-3-5-12(11-17)6-7-13(18)19/h12,15H,3-11H2,1-2H3,(H,18,19). The van der Waals surface area contributed by atoms with Gasteiger partial charge in [0, 0.05) is 33.1 Å². The number of aliphatic carboxylic acids is 1.